The van der Waals surface area contributed by atoms with Crippen LogP contribution in [0.25, 0.3) is 0 Å². The van der Waals surface area contributed by atoms with Gasteiger partial charge in [0.2, 0.25) is 0 Å². The van der Waals surface area contributed by atoms with Crippen LogP contribution in [0.2, 0.25) is 0 Å². The maximum Gasteiger partial charge on any atom is 0.123 e. The Kier molecular flexibility index (Phi) is 3.67. The average molecular weight is 236 g/mol. The van der Waals surface area contributed by atoms with Gasteiger partial charge in [0.25, 0.3) is 0 Å². The lowest BCUT2D eigenvalue weighted by atomic mass is 10.1. The third kappa shape index (κ3) is 2.60. The second-order valence-electron chi connectivity index (χ2n) is 5.15. The smallest absolute Gasteiger partial charge is 0.123 e. The van der Waals surface area contributed by atoms with Gasteiger partial charge in [-0.2, -0.15) is 0 Å². The van der Waals surface area contributed by atoms with Gasteiger partial charge < -0.3 is 10.6 Å². The predicted octanol–water partition coefficient (Wildman–Crippen LogP) is 2.56. The van der Waals surface area contributed by atoms with Crippen molar-refractivity contribution in [2.45, 2.75) is 32.7 Å². The fourth-order valence-electron chi connectivity index (χ4n) is 2.83. The van der Waals surface area contributed by atoms with E-state index in [0.29, 0.717) is 18.5 Å². The molecule has 3 heteroatoms. The van der Waals surface area contributed by atoms with E-state index in [1.807, 2.05) is 6.07 Å². The highest BCUT2D eigenvalue weighted by molar-refractivity contribution is 5.55. The molecule has 0 bridgehead atoms. The van der Waals surface area contributed by atoms with Crippen LogP contribution >= 0.6 is 0 Å². The molecule has 0 saturated carbocycles. The molecular weight excluding hydrogens is 215 g/mol. The minimum atomic E-state index is -0.169. The Balaban J connectivity index is 2.30. The first-order valence-corrected chi connectivity index (χ1v) is 6.37. The highest BCUT2D eigenvalue weighted by atomic mass is 19.1. The normalized spacial score (nSPS) is 24.4. The van der Waals surface area contributed by atoms with Gasteiger partial charge in [0.1, 0.15) is 5.82 Å². The Bertz CT molecular complexity index is 392. The summed E-state index contributed by atoms with van der Waals surface area (Å²) in [5, 5.41) is 0. The van der Waals surface area contributed by atoms with E-state index in [1.54, 1.807) is 12.1 Å². The minimum absolute atomic E-state index is 0.169. The van der Waals surface area contributed by atoms with E-state index in [0.717, 1.165) is 24.2 Å². The zero-order valence-electron chi connectivity index (χ0n) is 10.6. The Morgan fingerprint density at radius 1 is 1.41 bits per heavy atom. The third-order valence-electron chi connectivity index (χ3n) is 3.55. The lowest BCUT2D eigenvalue weighted by Crippen LogP contribution is -2.28. The molecule has 0 aliphatic carbocycles. The van der Waals surface area contributed by atoms with Crippen LogP contribution < -0.4 is 10.6 Å². The van der Waals surface area contributed by atoms with Crippen LogP contribution in [0.1, 0.15) is 25.8 Å². The van der Waals surface area contributed by atoms with Gasteiger partial charge in [0.05, 0.1) is 0 Å². The summed E-state index contributed by atoms with van der Waals surface area (Å²) in [5.74, 6) is 0.540. The summed E-state index contributed by atoms with van der Waals surface area (Å²) in [6, 6.07) is 5.60. The number of benzene rings is 1. The van der Waals surface area contributed by atoms with Gasteiger partial charge in [-0.05, 0) is 56.0 Å². The number of hydrogen-bond acceptors (Lipinski definition) is 2. The van der Waals surface area contributed by atoms with Crippen molar-refractivity contribution < 1.29 is 4.39 Å². The van der Waals surface area contributed by atoms with E-state index < -0.39 is 0 Å². The molecule has 0 spiro atoms. The Morgan fingerprint density at radius 3 is 2.76 bits per heavy atom. The lowest BCUT2D eigenvalue weighted by molar-refractivity contribution is 0.622. The summed E-state index contributed by atoms with van der Waals surface area (Å²) in [6.45, 7) is 6.13. The van der Waals surface area contributed by atoms with Crippen molar-refractivity contribution in [1.82, 2.24) is 0 Å². The zero-order valence-corrected chi connectivity index (χ0v) is 10.6. The molecule has 0 radical (unpaired) electrons. The van der Waals surface area contributed by atoms with Crippen LogP contribution in [0.4, 0.5) is 10.1 Å². The average Bonchev–Trinajstić information content (AvgIpc) is 2.59. The number of rotatable bonds is 3. The Labute approximate surface area is 103 Å². The van der Waals surface area contributed by atoms with Crippen LogP contribution in [0.5, 0.6) is 0 Å². The predicted molar refractivity (Wildman–Crippen MR) is 69.7 cm³/mol. The van der Waals surface area contributed by atoms with Crippen molar-refractivity contribution in [3.05, 3.63) is 29.6 Å². The number of halogens is 1. The van der Waals surface area contributed by atoms with Crippen LogP contribution in [-0.4, -0.2) is 19.1 Å². The molecular formula is C14H21FN2. The van der Waals surface area contributed by atoms with Gasteiger partial charge in [-0.1, -0.05) is 6.92 Å². The van der Waals surface area contributed by atoms with E-state index in [2.05, 4.69) is 18.7 Å². The molecule has 0 amide bonds. The fraction of sp³-hybridized carbons (Fsp3) is 0.571. The highest BCUT2D eigenvalue weighted by Crippen LogP contribution is 2.31. The molecule has 1 aromatic rings. The quantitative estimate of drug-likeness (QED) is 0.874. The van der Waals surface area contributed by atoms with E-state index >= 15 is 0 Å². The highest BCUT2D eigenvalue weighted by Gasteiger charge is 2.27. The molecule has 1 aromatic carbocycles. The first-order chi connectivity index (χ1) is 8.11. The maximum atomic E-state index is 13.3. The first kappa shape index (κ1) is 12.4. The summed E-state index contributed by atoms with van der Waals surface area (Å²) < 4.78 is 13.3. The number of hydrogen-bond donors (Lipinski definition) is 1. The summed E-state index contributed by atoms with van der Waals surface area (Å²) in [5.41, 5.74) is 7.80. The SMILES string of the molecule is CC1CC(C)N(c2ccc(F)cc2CCN)C1. The van der Waals surface area contributed by atoms with Crippen molar-refractivity contribution in [2.24, 2.45) is 11.7 Å². The molecule has 2 nitrogen and oxygen atoms in total. The molecule has 1 aliphatic heterocycles. The van der Waals surface area contributed by atoms with Crippen LogP contribution in [-0.2, 0) is 6.42 Å². The molecule has 1 aliphatic rings. The second-order valence-corrected chi connectivity index (χ2v) is 5.15. The third-order valence-corrected chi connectivity index (χ3v) is 3.55. The number of nitrogens with two attached hydrogens (primary N) is 1. The van der Waals surface area contributed by atoms with Gasteiger partial charge >= 0.3 is 0 Å². The van der Waals surface area contributed by atoms with Gasteiger partial charge in [-0.15, -0.1) is 0 Å². The molecule has 94 valence electrons. The largest absolute Gasteiger partial charge is 0.368 e. The molecule has 1 heterocycles. The number of nitrogens with zero attached hydrogens (tertiary/aromatic N) is 1. The van der Waals surface area contributed by atoms with Crippen molar-refractivity contribution in [1.29, 1.82) is 0 Å². The molecule has 2 rings (SSSR count). The molecule has 1 fully saturated rings. The van der Waals surface area contributed by atoms with Crippen molar-refractivity contribution in [2.75, 3.05) is 18.0 Å². The van der Waals surface area contributed by atoms with Crippen molar-refractivity contribution in [3.63, 3.8) is 0 Å². The van der Waals surface area contributed by atoms with Crippen LogP contribution in [0, 0.1) is 11.7 Å². The van der Waals surface area contributed by atoms with Gasteiger partial charge in [-0.25, -0.2) is 4.39 Å². The topological polar surface area (TPSA) is 29.3 Å². The van der Waals surface area contributed by atoms with Crippen LogP contribution in [0.3, 0.4) is 0 Å². The van der Waals surface area contributed by atoms with E-state index in [4.69, 9.17) is 5.73 Å². The Hall–Kier alpha value is -1.09. The first-order valence-electron chi connectivity index (χ1n) is 6.37. The summed E-state index contributed by atoms with van der Waals surface area (Å²) >= 11 is 0. The maximum absolute atomic E-state index is 13.3. The van der Waals surface area contributed by atoms with E-state index in [9.17, 15) is 4.39 Å². The molecule has 17 heavy (non-hydrogen) atoms. The summed E-state index contributed by atoms with van der Waals surface area (Å²) in [7, 11) is 0. The molecule has 2 atom stereocenters. The fourth-order valence-corrected chi connectivity index (χ4v) is 2.83. The Morgan fingerprint density at radius 2 is 2.18 bits per heavy atom. The van der Waals surface area contributed by atoms with Crippen molar-refractivity contribution in [3.8, 4) is 0 Å². The summed E-state index contributed by atoms with van der Waals surface area (Å²) in [4.78, 5) is 2.38. The molecule has 1 saturated heterocycles. The summed E-state index contributed by atoms with van der Waals surface area (Å²) in [6.07, 6.45) is 1.95. The van der Waals surface area contributed by atoms with Gasteiger partial charge in [0.15, 0.2) is 0 Å². The van der Waals surface area contributed by atoms with E-state index in [1.165, 1.54) is 6.42 Å². The van der Waals surface area contributed by atoms with E-state index in [-0.39, 0.29) is 5.82 Å². The van der Waals surface area contributed by atoms with Gasteiger partial charge in [-0.3, -0.25) is 0 Å². The molecule has 2 unspecified atom stereocenters. The lowest BCUT2D eigenvalue weighted by Gasteiger charge is -2.26. The van der Waals surface area contributed by atoms with Crippen molar-refractivity contribution >= 4 is 5.69 Å². The second kappa shape index (κ2) is 5.05. The monoisotopic (exact) mass is 236 g/mol. The minimum Gasteiger partial charge on any atom is -0.368 e. The van der Waals surface area contributed by atoms with Crippen LogP contribution in [0.15, 0.2) is 18.2 Å². The number of anilines is 1. The zero-order chi connectivity index (χ0) is 12.4. The van der Waals surface area contributed by atoms with Gasteiger partial charge in [0, 0.05) is 18.3 Å². The molecule has 2 N–H and O–H groups in total. The molecule has 0 aromatic heterocycles. The standard InChI is InChI=1S/C14H21FN2/c1-10-7-11(2)17(9-10)14-4-3-13(15)8-12(14)5-6-16/h3-4,8,10-11H,5-7,9,16H2,1-2H3.